The number of urea groups is 1. The number of ether oxygens (including phenoxy) is 1. The number of nitrogens with two attached hydrogens (primary N) is 2. The lowest BCUT2D eigenvalue weighted by Crippen LogP contribution is -2.35. The largest absolute Gasteiger partial charge is 0.458 e. The molecular weight excluding hydrogens is 348 g/mol. The molecule has 25 heavy (non-hydrogen) atoms. The Morgan fingerprint density at radius 1 is 1.28 bits per heavy atom. The third kappa shape index (κ3) is 6.53. The smallest absolute Gasteiger partial charge is 0.312 e. The van der Waals surface area contributed by atoms with Crippen LogP contribution in [0.4, 0.5) is 4.79 Å². The molecule has 1 rings (SSSR count). The minimum Gasteiger partial charge on any atom is -0.458 e. The van der Waals surface area contributed by atoms with Crippen molar-refractivity contribution in [3.05, 3.63) is 47.1 Å². The van der Waals surface area contributed by atoms with Crippen molar-refractivity contribution in [3.63, 3.8) is 0 Å². The van der Waals surface area contributed by atoms with Crippen LogP contribution >= 0.6 is 11.6 Å². The quantitative estimate of drug-likeness (QED) is 0.589. The van der Waals surface area contributed by atoms with Gasteiger partial charge in [0.2, 0.25) is 0 Å². The number of ketones is 1. The Labute approximate surface area is 149 Å². The molecule has 132 valence electrons. The monoisotopic (exact) mass is 364 g/mol. The van der Waals surface area contributed by atoms with E-state index in [1.165, 1.54) is 0 Å². The second-order valence-electron chi connectivity index (χ2n) is 5.08. The molecule has 2 amide bonds. The summed E-state index contributed by atoms with van der Waals surface area (Å²) in [5.74, 6) is -2.70. The number of nitrogens with zero attached hydrogens (tertiary/aromatic N) is 1. The summed E-state index contributed by atoms with van der Waals surface area (Å²) in [7, 11) is 0. The molecular formula is C16H17ClN4O4. The van der Waals surface area contributed by atoms with Gasteiger partial charge in [0, 0.05) is 10.7 Å². The van der Waals surface area contributed by atoms with Crippen molar-refractivity contribution in [2.75, 3.05) is 6.61 Å². The number of rotatable bonds is 8. The lowest BCUT2D eigenvalue weighted by molar-refractivity contribution is -0.148. The predicted octanol–water partition coefficient (Wildman–Crippen LogP) is 1.16. The number of carbonyl (C=O) groups excluding carboxylic acids is 3. The second kappa shape index (κ2) is 9.30. The third-order valence-electron chi connectivity index (χ3n) is 3.16. The first kappa shape index (κ1) is 20.0. The summed E-state index contributed by atoms with van der Waals surface area (Å²) < 4.78 is 4.84. The van der Waals surface area contributed by atoms with Gasteiger partial charge in [-0.15, -0.1) is 0 Å². The maximum Gasteiger partial charge on any atom is 0.312 e. The summed E-state index contributed by atoms with van der Waals surface area (Å²) in [4.78, 5) is 34.8. The van der Waals surface area contributed by atoms with Crippen molar-refractivity contribution in [2.45, 2.75) is 12.5 Å². The van der Waals surface area contributed by atoms with Crippen LogP contribution in [-0.2, 0) is 14.3 Å². The van der Waals surface area contributed by atoms with Crippen LogP contribution in [0.15, 0.2) is 36.5 Å². The fraction of sp³-hybridized carbons (Fsp3) is 0.250. The molecule has 0 fully saturated rings. The minimum absolute atomic E-state index is 0.127. The highest BCUT2D eigenvalue weighted by atomic mass is 35.5. The van der Waals surface area contributed by atoms with Crippen LogP contribution in [0.3, 0.4) is 0 Å². The minimum atomic E-state index is -1.25. The predicted molar refractivity (Wildman–Crippen MR) is 89.9 cm³/mol. The van der Waals surface area contributed by atoms with E-state index < -0.39 is 36.4 Å². The van der Waals surface area contributed by atoms with Crippen LogP contribution < -0.4 is 16.8 Å². The zero-order chi connectivity index (χ0) is 19.0. The highest BCUT2D eigenvalue weighted by Crippen LogP contribution is 2.20. The normalized spacial score (nSPS) is 12.3. The van der Waals surface area contributed by atoms with Crippen molar-refractivity contribution in [1.82, 2.24) is 5.32 Å². The van der Waals surface area contributed by atoms with E-state index in [0.717, 1.165) is 0 Å². The Morgan fingerprint density at radius 3 is 2.36 bits per heavy atom. The molecule has 9 heteroatoms. The molecule has 8 nitrogen and oxygen atoms in total. The molecule has 0 unspecified atom stereocenters. The average Bonchev–Trinajstić information content (AvgIpc) is 2.53. The fourth-order valence-corrected chi connectivity index (χ4v) is 2.07. The number of primary amides is 1. The number of Topliss-reactive ketones (excluding diaryl/α,β-unsaturated/α-hetero) is 1. The van der Waals surface area contributed by atoms with Crippen molar-refractivity contribution in [1.29, 1.82) is 5.26 Å². The molecule has 0 aromatic heterocycles. The third-order valence-corrected chi connectivity index (χ3v) is 3.41. The SMILES string of the molecule is C=C(N)[C@H](C#N)C(=O)COC(=O)C[C@H](NC(N)=O)c1ccc(Cl)cc1. The van der Waals surface area contributed by atoms with Crippen LogP contribution in [0.1, 0.15) is 18.0 Å². The van der Waals surface area contributed by atoms with Gasteiger partial charge in [-0.2, -0.15) is 5.26 Å². The molecule has 0 saturated carbocycles. The highest BCUT2D eigenvalue weighted by molar-refractivity contribution is 6.30. The lowest BCUT2D eigenvalue weighted by atomic mass is 10.0. The van der Waals surface area contributed by atoms with Crippen LogP contribution in [0.25, 0.3) is 0 Å². The summed E-state index contributed by atoms with van der Waals surface area (Å²) in [5, 5.41) is 11.7. The van der Waals surface area contributed by atoms with Crippen molar-refractivity contribution in [2.24, 2.45) is 17.4 Å². The number of amides is 2. The van der Waals surface area contributed by atoms with E-state index in [-0.39, 0.29) is 12.1 Å². The van der Waals surface area contributed by atoms with Gasteiger partial charge >= 0.3 is 12.0 Å². The van der Waals surface area contributed by atoms with Crippen LogP contribution in [-0.4, -0.2) is 24.4 Å². The number of halogens is 1. The molecule has 0 aliphatic rings. The van der Waals surface area contributed by atoms with E-state index in [1.54, 1.807) is 30.3 Å². The van der Waals surface area contributed by atoms with E-state index in [0.29, 0.717) is 10.6 Å². The molecule has 0 radical (unpaired) electrons. The first-order valence-electron chi connectivity index (χ1n) is 7.08. The summed E-state index contributed by atoms with van der Waals surface area (Å²) in [6.07, 6.45) is -0.265. The van der Waals surface area contributed by atoms with Crippen LogP contribution in [0.5, 0.6) is 0 Å². The van der Waals surface area contributed by atoms with Gasteiger partial charge < -0.3 is 21.5 Å². The molecule has 1 aromatic rings. The summed E-state index contributed by atoms with van der Waals surface area (Å²) in [5.41, 5.74) is 10.9. The van der Waals surface area contributed by atoms with Gasteiger partial charge in [0.1, 0.15) is 5.92 Å². The number of esters is 1. The lowest BCUT2D eigenvalue weighted by Gasteiger charge is -2.17. The molecule has 2 atom stereocenters. The Balaban J connectivity index is 2.71. The Hall–Kier alpha value is -3.05. The molecule has 5 N–H and O–H groups in total. The molecule has 0 spiro atoms. The number of hydrogen-bond donors (Lipinski definition) is 3. The Bertz CT molecular complexity index is 712. The van der Waals surface area contributed by atoms with Crippen molar-refractivity contribution in [3.8, 4) is 6.07 Å². The number of nitrogens with one attached hydrogen (secondary N) is 1. The molecule has 1 aromatic carbocycles. The van der Waals surface area contributed by atoms with E-state index in [1.807, 2.05) is 0 Å². The van der Waals surface area contributed by atoms with Gasteiger partial charge in [0.25, 0.3) is 0 Å². The van der Waals surface area contributed by atoms with Gasteiger partial charge in [-0.05, 0) is 17.7 Å². The van der Waals surface area contributed by atoms with E-state index in [4.69, 9.17) is 33.1 Å². The zero-order valence-electron chi connectivity index (χ0n) is 13.2. The number of hydrogen-bond acceptors (Lipinski definition) is 6. The molecule has 0 bridgehead atoms. The molecule has 0 heterocycles. The summed E-state index contributed by atoms with van der Waals surface area (Å²) in [6, 6.07) is 6.50. The Morgan fingerprint density at radius 2 is 1.88 bits per heavy atom. The molecule has 0 aliphatic heterocycles. The highest BCUT2D eigenvalue weighted by Gasteiger charge is 2.23. The van der Waals surface area contributed by atoms with Gasteiger partial charge in [-0.3, -0.25) is 9.59 Å². The second-order valence-corrected chi connectivity index (χ2v) is 5.52. The van der Waals surface area contributed by atoms with Gasteiger partial charge in [-0.1, -0.05) is 30.3 Å². The average molecular weight is 365 g/mol. The number of nitriles is 1. The first-order valence-corrected chi connectivity index (χ1v) is 7.46. The van der Waals surface area contributed by atoms with Gasteiger partial charge in [0.05, 0.1) is 18.5 Å². The molecule has 0 aliphatic carbocycles. The van der Waals surface area contributed by atoms with E-state index in [2.05, 4.69) is 11.9 Å². The van der Waals surface area contributed by atoms with Gasteiger partial charge in [0.15, 0.2) is 12.4 Å². The summed E-state index contributed by atoms with van der Waals surface area (Å²) in [6.45, 7) is 2.70. The van der Waals surface area contributed by atoms with E-state index >= 15 is 0 Å². The summed E-state index contributed by atoms with van der Waals surface area (Å²) >= 11 is 5.80. The number of carbonyl (C=O) groups is 3. The van der Waals surface area contributed by atoms with Crippen molar-refractivity contribution < 1.29 is 19.1 Å². The maximum absolute atomic E-state index is 11.9. The fourth-order valence-electron chi connectivity index (χ4n) is 1.94. The van der Waals surface area contributed by atoms with Crippen molar-refractivity contribution >= 4 is 29.4 Å². The topological polar surface area (TPSA) is 148 Å². The first-order chi connectivity index (χ1) is 11.7. The number of benzene rings is 1. The van der Waals surface area contributed by atoms with Crippen LogP contribution in [0, 0.1) is 17.2 Å². The number of allylic oxidation sites excluding steroid dienone is 1. The standard InChI is InChI=1S/C16H17ClN4O4/c1-9(19)12(7-18)14(22)8-25-15(23)6-13(21-16(20)24)10-2-4-11(17)5-3-10/h2-5,12-13H,1,6,8,19H2,(H3,20,21,24)/t12-,13-/m0/s1. The van der Waals surface area contributed by atoms with E-state index in [9.17, 15) is 14.4 Å². The van der Waals surface area contributed by atoms with Gasteiger partial charge in [-0.25, -0.2) is 4.79 Å². The zero-order valence-corrected chi connectivity index (χ0v) is 14.0. The maximum atomic E-state index is 11.9. The molecule has 0 saturated heterocycles. The Kier molecular flexibility index (Phi) is 7.43. The van der Waals surface area contributed by atoms with Crippen LogP contribution in [0.2, 0.25) is 5.02 Å².